The van der Waals surface area contributed by atoms with Crippen molar-refractivity contribution in [3.8, 4) is 10.8 Å². The molecule has 5 rings (SSSR count). The van der Waals surface area contributed by atoms with E-state index in [9.17, 15) is 13.2 Å². The summed E-state index contributed by atoms with van der Waals surface area (Å²) in [5.74, 6) is 0.539. The summed E-state index contributed by atoms with van der Waals surface area (Å²) in [5, 5.41) is 0.722. The first-order valence-electron chi connectivity index (χ1n) is 10.7. The van der Waals surface area contributed by atoms with Gasteiger partial charge < -0.3 is 9.32 Å². The molecule has 0 N–H and O–H groups in total. The van der Waals surface area contributed by atoms with Crippen molar-refractivity contribution in [1.82, 2.24) is 14.2 Å². The van der Waals surface area contributed by atoms with Gasteiger partial charge in [0.05, 0.1) is 15.1 Å². The maximum atomic E-state index is 13.1. The minimum absolute atomic E-state index is 0.232. The lowest BCUT2D eigenvalue weighted by molar-refractivity contribution is 0.0667. The Hall–Kier alpha value is -3.01. The predicted octanol–water partition coefficient (Wildman–Crippen LogP) is 4.32. The van der Waals surface area contributed by atoms with Crippen LogP contribution in [0.4, 0.5) is 0 Å². The molecule has 7 nitrogen and oxygen atoms in total. The van der Waals surface area contributed by atoms with E-state index in [1.807, 2.05) is 43.3 Å². The zero-order valence-corrected chi connectivity index (χ0v) is 19.9. The van der Waals surface area contributed by atoms with Gasteiger partial charge in [-0.1, -0.05) is 24.3 Å². The molecule has 1 aliphatic heterocycles. The minimum atomic E-state index is -3.61. The molecule has 170 valence electrons. The van der Waals surface area contributed by atoms with Crippen LogP contribution >= 0.6 is 11.3 Å². The van der Waals surface area contributed by atoms with Crippen LogP contribution in [0.5, 0.6) is 0 Å². The molecule has 9 heteroatoms. The van der Waals surface area contributed by atoms with Gasteiger partial charge in [-0.2, -0.15) is 4.31 Å². The van der Waals surface area contributed by atoms with E-state index in [2.05, 4.69) is 4.98 Å². The van der Waals surface area contributed by atoms with Crippen LogP contribution in [-0.4, -0.2) is 54.7 Å². The molecule has 2 aromatic heterocycles. The number of fused-ring (bicyclic) bond motifs is 1. The maximum absolute atomic E-state index is 13.1. The number of furan rings is 1. The molecule has 0 radical (unpaired) electrons. The molecule has 0 aliphatic carbocycles. The molecule has 1 aliphatic rings. The molecule has 0 spiro atoms. The minimum Gasteiger partial charge on any atom is -0.448 e. The summed E-state index contributed by atoms with van der Waals surface area (Å²) in [6.45, 7) is 4.77. The highest BCUT2D eigenvalue weighted by molar-refractivity contribution is 7.89. The first-order chi connectivity index (χ1) is 15.8. The second-order valence-corrected chi connectivity index (χ2v) is 11.1. The Kier molecular flexibility index (Phi) is 5.55. The van der Waals surface area contributed by atoms with E-state index >= 15 is 0 Å². The number of aryl methyl sites for hydroxylation is 2. The normalized spacial score (nSPS) is 15.3. The zero-order valence-electron chi connectivity index (χ0n) is 18.3. The number of aromatic nitrogens is 1. The fourth-order valence-corrected chi connectivity index (χ4v) is 6.62. The number of amides is 1. The van der Waals surface area contributed by atoms with Crippen LogP contribution in [0.2, 0.25) is 0 Å². The number of benzene rings is 2. The molecular formula is C24H23N3O4S2. The van der Waals surface area contributed by atoms with Gasteiger partial charge in [-0.3, -0.25) is 4.79 Å². The standard InChI is InChI=1S/C24H23N3O4S2/c1-16-7-8-17(2)22(15-16)33(29,30)27-13-11-26(12-14-27)24(28)20-10-9-19(31-20)23-25-18-5-3-4-6-21(18)32-23/h3-10,15H,11-14H2,1-2H3. The highest BCUT2D eigenvalue weighted by Crippen LogP contribution is 2.31. The summed E-state index contributed by atoms with van der Waals surface area (Å²) >= 11 is 1.51. The van der Waals surface area contributed by atoms with E-state index in [0.717, 1.165) is 26.4 Å². The smallest absolute Gasteiger partial charge is 0.289 e. The van der Waals surface area contributed by atoms with Gasteiger partial charge in [0.1, 0.15) is 0 Å². The fraction of sp³-hybridized carbons (Fsp3) is 0.250. The summed E-state index contributed by atoms with van der Waals surface area (Å²) in [4.78, 5) is 19.5. The SMILES string of the molecule is Cc1ccc(C)c(S(=O)(=O)N2CCN(C(=O)c3ccc(-c4nc5ccccc5s4)o3)CC2)c1. The number of hydrogen-bond acceptors (Lipinski definition) is 6. The van der Waals surface area contributed by atoms with Gasteiger partial charge in [-0.15, -0.1) is 11.3 Å². The molecule has 33 heavy (non-hydrogen) atoms. The topological polar surface area (TPSA) is 83.7 Å². The van der Waals surface area contributed by atoms with Gasteiger partial charge in [0.25, 0.3) is 5.91 Å². The van der Waals surface area contributed by atoms with Gasteiger partial charge in [-0.05, 0) is 55.3 Å². The third-order valence-corrected chi connectivity index (χ3v) is 8.90. The number of nitrogens with zero attached hydrogens (tertiary/aromatic N) is 3. The highest BCUT2D eigenvalue weighted by atomic mass is 32.2. The molecule has 0 saturated carbocycles. The van der Waals surface area contributed by atoms with Crippen molar-refractivity contribution < 1.29 is 17.6 Å². The number of thiazole rings is 1. The Labute approximate surface area is 196 Å². The second kappa shape index (κ2) is 8.40. The summed E-state index contributed by atoms with van der Waals surface area (Å²) in [6.07, 6.45) is 0. The van der Waals surface area contributed by atoms with Gasteiger partial charge in [-0.25, -0.2) is 13.4 Å². The third kappa shape index (κ3) is 4.07. The molecule has 1 fully saturated rings. The van der Waals surface area contributed by atoms with E-state index < -0.39 is 10.0 Å². The van der Waals surface area contributed by atoms with Crippen LogP contribution in [0.25, 0.3) is 21.0 Å². The first kappa shape index (κ1) is 21.8. The molecule has 4 aromatic rings. The van der Waals surface area contributed by atoms with Crippen LogP contribution in [-0.2, 0) is 10.0 Å². The van der Waals surface area contributed by atoms with Gasteiger partial charge in [0.15, 0.2) is 16.5 Å². The average Bonchev–Trinajstić information content (AvgIpc) is 3.47. The largest absolute Gasteiger partial charge is 0.448 e. The third-order valence-electron chi connectivity index (χ3n) is 5.81. The Morgan fingerprint density at radius 3 is 2.52 bits per heavy atom. The molecule has 0 atom stereocenters. The predicted molar refractivity (Wildman–Crippen MR) is 128 cm³/mol. The van der Waals surface area contributed by atoms with Gasteiger partial charge >= 0.3 is 0 Å². The van der Waals surface area contributed by atoms with Crippen LogP contribution in [0.1, 0.15) is 21.7 Å². The van der Waals surface area contributed by atoms with E-state index in [-0.39, 0.29) is 24.8 Å². The summed E-state index contributed by atoms with van der Waals surface area (Å²) in [6, 6.07) is 16.7. The van der Waals surface area contributed by atoms with Crippen molar-refractivity contribution in [3.05, 3.63) is 71.5 Å². The second-order valence-electron chi connectivity index (χ2n) is 8.12. The maximum Gasteiger partial charge on any atom is 0.289 e. The molecule has 0 bridgehead atoms. The van der Waals surface area contributed by atoms with Crippen molar-refractivity contribution in [2.75, 3.05) is 26.2 Å². The molecular weight excluding hydrogens is 458 g/mol. The Morgan fingerprint density at radius 1 is 1.00 bits per heavy atom. The van der Waals surface area contributed by atoms with E-state index in [4.69, 9.17) is 4.42 Å². The van der Waals surface area contributed by atoms with E-state index in [1.165, 1.54) is 15.6 Å². The Bertz CT molecular complexity index is 1410. The zero-order chi connectivity index (χ0) is 23.2. The number of carbonyl (C=O) groups excluding carboxylic acids is 1. The Balaban J connectivity index is 1.29. The van der Waals surface area contributed by atoms with Crippen LogP contribution < -0.4 is 0 Å². The van der Waals surface area contributed by atoms with Gasteiger partial charge in [0, 0.05) is 26.2 Å². The number of carbonyl (C=O) groups is 1. The molecule has 3 heterocycles. The van der Waals surface area contributed by atoms with E-state index in [1.54, 1.807) is 30.0 Å². The van der Waals surface area contributed by atoms with Crippen LogP contribution in [0.15, 0.2) is 63.9 Å². The number of hydrogen-bond donors (Lipinski definition) is 0. The summed E-state index contributed by atoms with van der Waals surface area (Å²) < 4.78 is 34.6. The fourth-order valence-electron chi connectivity index (χ4n) is 3.96. The van der Waals surface area contributed by atoms with Crippen molar-refractivity contribution in [2.45, 2.75) is 18.7 Å². The van der Waals surface area contributed by atoms with E-state index in [0.29, 0.717) is 23.7 Å². The number of para-hydroxylation sites is 1. The van der Waals surface area contributed by atoms with Crippen LogP contribution in [0.3, 0.4) is 0 Å². The lowest BCUT2D eigenvalue weighted by Gasteiger charge is -2.33. The highest BCUT2D eigenvalue weighted by Gasteiger charge is 2.32. The summed E-state index contributed by atoms with van der Waals surface area (Å²) in [7, 11) is -3.61. The number of piperazine rings is 1. The van der Waals surface area contributed by atoms with Crippen molar-refractivity contribution >= 4 is 37.5 Å². The Morgan fingerprint density at radius 2 is 1.76 bits per heavy atom. The van der Waals surface area contributed by atoms with Crippen LogP contribution in [0, 0.1) is 13.8 Å². The van der Waals surface area contributed by atoms with Crippen molar-refractivity contribution in [1.29, 1.82) is 0 Å². The molecule has 2 aromatic carbocycles. The van der Waals surface area contributed by atoms with Crippen molar-refractivity contribution in [3.63, 3.8) is 0 Å². The lowest BCUT2D eigenvalue weighted by atomic mass is 10.2. The average molecular weight is 482 g/mol. The quantitative estimate of drug-likeness (QED) is 0.434. The van der Waals surface area contributed by atoms with Gasteiger partial charge in [0.2, 0.25) is 10.0 Å². The first-order valence-corrected chi connectivity index (χ1v) is 12.9. The monoisotopic (exact) mass is 481 g/mol. The molecule has 0 unspecified atom stereocenters. The molecule has 1 saturated heterocycles. The number of sulfonamides is 1. The number of rotatable bonds is 4. The lowest BCUT2D eigenvalue weighted by Crippen LogP contribution is -2.50. The molecule has 1 amide bonds. The van der Waals surface area contributed by atoms with Crippen molar-refractivity contribution in [2.24, 2.45) is 0 Å². The summed E-state index contributed by atoms with van der Waals surface area (Å²) in [5.41, 5.74) is 2.51.